The number of nitrogens with zero attached hydrogens (tertiary/aromatic N) is 2. The molecule has 0 radical (unpaired) electrons. The molecule has 6 heteroatoms. The van der Waals surface area contributed by atoms with Crippen molar-refractivity contribution < 1.29 is 5.41 Å². The van der Waals surface area contributed by atoms with E-state index >= 15 is 0 Å². The Morgan fingerprint density at radius 3 is 1.12 bits per heavy atom. The number of fused-ring (bicyclic) bond motifs is 8. The number of benzene rings is 3. The van der Waals surface area contributed by atoms with Crippen LogP contribution >= 0.6 is 0 Å². The molecular weight excluding hydrogens is 685 g/mol. The first-order chi connectivity index (χ1) is 26.8. The molecule has 8 bridgehead atoms. The van der Waals surface area contributed by atoms with Crippen LogP contribution in [0.25, 0.3) is 79.8 Å². The van der Waals surface area contributed by atoms with Gasteiger partial charge in [0.25, 0.3) is 0 Å². The highest BCUT2D eigenvalue weighted by Gasteiger charge is 2.22. The van der Waals surface area contributed by atoms with Crippen molar-refractivity contribution in [1.29, 1.82) is 0 Å². The molecule has 2 aliphatic rings. The van der Waals surface area contributed by atoms with Gasteiger partial charge in [-0.15, -0.1) is 0 Å². The molecule has 276 valence electrons. The molecule has 0 spiro atoms. The largest absolute Gasteiger partial charge is 0.354 e. The van der Waals surface area contributed by atoms with Crippen molar-refractivity contribution in [3.05, 3.63) is 139 Å². The number of nitrogens with two attached hydrogens (primary N) is 2. The first-order valence-electron chi connectivity index (χ1n) is 19.1. The Morgan fingerprint density at radius 1 is 0.464 bits per heavy atom. The molecule has 0 saturated carbocycles. The van der Waals surface area contributed by atoms with Crippen LogP contribution in [0.5, 0.6) is 0 Å². The minimum Gasteiger partial charge on any atom is -0.354 e. The van der Waals surface area contributed by atoms with Gasteiger partial charge < -0.3 is 9.97 Å². The van der Waals surface area contributed by atoms with Gasteiger partial charge in [-0.25, -0.2) is 9.97 Å². The van der Waals surface area contributed by atoms with Crippen molar-refractivity contribution >= 4 is 52.2 Å². The molecule has 0 fully saturated rings. The van der Waals surface area contributed by atoms with E-state index in [-0.39, 0.29) is 5.84 Å². The van der Waals surface area contributed by atoms with Crippen LogP contribution in [0.2, 0.25) is 0 Å². The standard InChI is InChI=1S/C50H46N6/c1-26-20-29(4)45(30(5)21-26)48-38-13-11-36(53-38)35(10-19-44(51)52)37-12-14-39(54-37)49(46-31(6)22-27(2)23-32(46)7)41-16-18-43(56-41)50(42-17-15-40(48)55-42)47-33(8)24-28(3)25-34(47)9/h11-18,20-25,53,56H,1-9H3,(H3,51,52)/p+1. The van der Waals surface area contributed by atoms with Gasteiger partial charge in [0.2, 0.25) is 0 Å². The molecule has 0 atom stereocenters. The first kappa shape index (κ1) is 36.3. The third-order valence-electron chi connectivity index (χ3n) is 10.9. The van der Waals surface area contributed by atoms with Crippen LogP contribution in [0, 0.1) is 74.2 Å². The molecule has 0 aliphatic carbocycles. The third kappa shape index (κ3) is 6.35. The van der Waals surface area contributed by atoms with Gasteiger partial charge in [0, 0.05) is 39.2 Å². The second-order valence-corrected chi connectivity index (χ2v) is 15.5. The number of aromatic amines is 2. The van der Waals surface area contributed by atoms with Crippen LogP contribution in [0.3, 0.4) is 0 Å². The van der Waals surface area contributed by atoms with Gasteiger partial charge in [0.1, 0.15) is 0 Å². The summed E-state index contributed by atoms with van der Waals surface area (Å²) in [4.78, 5) is 18.5. The summed E-state index contributed by atoms with van der Waals surface area (Å²) in [5, 5.41) is 5.93. The molecule has 0 unspecified atom stereocenters. The number of hydrogen-bond donors (Lipinski definition) is 4. The number of aromatic nitrogens is 4. The van der Waals surface area contributed by atoms with Gasteiger partial charge in [-0.3, -0.25) is 11.1 Å². The molecule has 3 aromatic carbocycles. The third-order valence-corrected chi connectivity index (χ3v) is 10.9. The average molecular weight is 732 g/mol. The summed E-state index contributed by atoms with van der Waals surface area (Å²) >= 11 is 0. The highest BCUT2D eigenvalue weighted by molar-refractivity contribution is 6.00. The number of rotatable bonds is 3. The normalized spacial score (nSPS) is 11.9. The maximum absolute atomic E-state index is 5.93. The van der Waals surface area contributed by atoms with Gasteiger partial charge in [-0.05, 0) is 167 Å². The minimum atomic E-state index is 0.0399. The van der Waals surface area contributed by atoms with E-state index in [2.05, 4.69) is 163 Å². The Hall–Kier alpha value is -6.71. The minimum absolute atomic E-state index is 0.0399. The summed E-state index contributed by atoms with van der Waals surface area (Å²) < 4.78 is 0. The number of hydrogen-bond acceptors (Lipinski definition) is 2. The quantitative estimate of drug-likeness (QED) is 0.0825. The molecule has 8 rings (SSSR count). The number of nitrogens with one attached hydrogen (secondary N) is 2. The van der Waals surface area contributed by atoms with E-state index in [1.165, 1.54) is 55.6 Å². The van der Waals surface area contributed by atoms with Gasteiger partial charge >= 0.3 is 5.84 Å². The van der Waals surface area contributed by atoms with Gasteiger partial charge in [0.05, 0.1) is 33.9 Å². The zero-order chi connectivity index (χ0) is 39.6. The number of amidine groups is 1. The summed E-state index contributed by atoms with van der Waals surface area (Å²) in [6.45, 7) is 19.5. The lowest BCUT2D eigenvalue weighted by Crippen LogP contribution is -2.44. The predicted molar refractivity (Wildman–Crippen MR) is 236 cm³/mol. The first-order valence-corrected chi connectivity index (χ1v) is 19.1. The van der Waals surface area contributed by atoms with Crippen LogP contribution in [-0.2, 0) is 0 Å². The molecule has 3 aromatic heterocycles. The van der Waals surface area contributed by atoms with E-state index < -0.39 is 0 Å². The average Bonchev–Trinajstić information content (AvgIpc) is 3.94. The summed E-state index contributed by atoms with van der Waals surface area (Å²) in [7, 11) is 0. The number of aryl methyl sites for hydroxylation is 9. The smallest absolute Gasteiger partial charge is 0.317 e. The Bertz CT molecular complexity index is 2860. The van der Waals surface area contributed by atoms with Gasteiger partial charge in [0.15, 0.2) is 0 Å². The van der Waals surface area contributed by atoms with Crippen molar-refractivity contribution in [2.45, 2.75) is 62.3 Å². The van der Waals surface area contributed by atoms with Crippen LogP contribution in [0.1, 0.15) is 78.4 Å². The molecule has 0 saturated heterocycles. The van der Waals surface area contributed by atoms with Crippen molar-refractivity contribution in [2.75, 3.05) is 0 Å². The summed E-state index contributed by atoms with van der Waals surface area (Å²) in [5.41, 5.74) is 31.0. The molecule has 5 heterocycles. The second-order valence-electron chi connectivity index (χ2n) is 15.5. The van der Waals surface area contributed by atoms with E-state index in [0.29, 0.717) is 5.56 Å². The Kier molecular flexibility index (Phi) is 8.97. The van der Waals surface area contributed by atoms with Crippen LogP contribution < -0.4 is 11.1 Å². The topological polar surface area (TPSA) is 109 Å². The maximum Gasteiger partial charge on any atom is 0.317 e. The molecular formula is C50H47N6+. The van der Waals surface area contributed by atoms with E-state index in [4.69, 9.17) is 21.1 Å². The fourth-order valence-corrected chi connectivity index (χ4v) is 8.98. The Labute approximate surface area is 328 Å². The van der Waals surface area contributed by atoms with Gasteiger partial charge in [-0.2, -0.15) is 0 Å². The number of H-pyrrole nitrogens is 2. The second kappa shape index (κ2) is 13.9. The summed E-state index contributed by atoms with van der Waals surface area (Å²) in [6.07, 6.45) is 8.44. The Morgan fingerprint density at radius 2 is 0.768 bits per heavy atom. The van der Waals surface area contributed by atoms with E-state index in [0.717, 1.165) is 72.7 Å². The highest BCUT2D eigenvalue weighted by atomic mass is 14.8. The van der Waals surface area contributed by atoms with E-state index in [9.17, 15) is 0 Å². The van der Waals surface area contributed by atoms with Crippen LogP contribution in [0.15, 0.2) is 60.7 Å². The Balaban J connectivity index is 1.63. The van der Waals surface area contributed by atoms with Crippen molar-refractivity contribution in [1.82, 2.24) is 19.9 Å². The molecule has 56 heavy (non-hydrogen) atoms. The SMILES string of the molecule is Cc1cc(C)c(-c2c3nc(c(-c4c(C)cc(C)cc4C)c4ccc([nH]4)c(-c4c(C)cc(C)cc4C)c4nc(c(C#CC(N)=[NH2+])c5ccc2[nH]5)C=C4)C=C3)c(C)c1. The molecule has 2 aliphatic heterocycles. The van der Waals surface area contributed by atoms with E-state index in [1.54, 1.807) is 0 Å². The summed E-state index contributed by atoms with van der Waals surface area (Å²) in [5.74, 6) is 6.23. The molecule has 6 nitrogen and oxygen atoms in total. The lowest BCUT2D eigenvalue weighted by molar-refractivity contribution is -0.112. The lowest BCUT2D eigenvalue weighted by atomic mass is 9.92. The summed E-state index contributed by atoms with van der Waals surface area (Å²) in [6, 6.07) is 22.0. The highest BCUT2D eigenvalue weighted by Crippen LogP contribution is 2.41. The zero-order valence-electron chi connectivity index (χ0n) is 33.6. The molecule has 6 aromatic rings. The predicted octanol–water partition coefficient (Wildman–Crippen LogP) is 9.90. The fourth-order valence-electron chi connectivity index (χ4n) is 8.98. The van der Waals surface area contributed by atoms with Crippen molar-refractivity contribution in [2.24, 2.45) is 5.73 Å². The van der Waals surface area contributed by atoms with Crippen molar-refractivity contribution in [3.8, 4) is 45.2 Å². The van der Waals surface area contributed by atoms with Gasteiger partial charge in [-0.1, -0.05) is 53.1 Å². The lowest BCUT2D eigenvalue weighted by Gasteiger charge is -2.14. The monoisotopic (exact) mass is 731 g/mol. The van der Waals surface area contributed by atoms with Crippen LogP contribution in [-0.4, -0.2) is 25.8 Å². The van der Waals surface area contributed by atoms with E-state index in [1.807, 2.05) is 6.08 Å². The zero-order valence-corrected chi connectivity index (χ0v) is 33.6. The maximum atomic E-state index is 5.93. The fraction of sp³-hybridized carbons (Fsp3) is 0.180. The van der Waals surface area contributed by atoms with Crippen LogP contribution in [0.4, 0.5) is 0 Å². The van der Waals surface area contributed by atoms with Crippen molar-refractivity contribution in [3.63, 3.8) is 0 Å². The molecule has 0 amide bonds. The molecule has 6 N–H and O–H groups in total.